The summed E-state index contributed by atoms with van der Waals surface area (Å²) in [6, 6.07) is 21.9. The lowest BCUT2D eigenvalue weighted by Gasteiger charge is -2.17. The lowest BCUT2D eigenvalue weighted by Crippen LogP contribution is -2.01. The molecule has 0 unspecified atom stereocenters. The van der Waals surface area contributed by atoms with E-state index in [0.29, 0.717) is 11.8 Å². The fraction of sp³-hybridized carbons (Fsp3) is 0.269. The Kier molecular flexibility index (Phi) is 4.47. The van der Waals surface area contributed by atoms with Crippen LogP contribution in [0, 0.1) is 6.92 Å². The molecule has 1 heteroatoms. The van der Waals surface area contributed by atoms with Gasteiger partial charge in [-0.15, -0.1) is 0 Å². The smallest absolute Gasteiger partial charge is 0.0794 e. The normalized spacial score (nSPS) is 14.1. The molecule has 4 rings (SSSR count). The second-order valence-corrected chi connectivity index (χ2v) is 8.10. The van der Waals surface area contributed by atoms with E-state index >= 15 is 0 Å². The van der Waals surface area contributed by atoms with Crippen molar-refractivity contribution < 1.29 is 0 Å². The van der Waals surface area contributed by atoms with Gasteiger partial charge in [0.25, 0.3) is 0 Å². The van der Waals surface area contributed by atoms with Crippen LogP contribution in [0.3, 0.4) is 0 Å². The molecule has 0 fully saturated rings. The topological polar surface area (TPSA) is 12.4 Å². The Bertz CT molecular complexity index is 1010. The molecule has 0 spiro atoms. The van der Waals surface area contributed by atoms with Crippen molar-refractivity contribution in [2.24, 2.45) is 4.99 Å². The lowest BCUT2D eigenvalue weighted by atomic mass is 9.92. The van der Waals surface area contributed by atoms with E-state index in [9.17, 15) is 0 Å². The summed E-state index contributed by atoms with van der Waals surface area (Å²) >= 11 is 0. The van der Waals surface area contributed by atoms with Gasteiger partial charge >= 0.3 is 0 Å². The van der Waals surface area contributed by atoms with Crippen molar-refractivity contribution in [2.45, 2.75) is 46.5 Å². The van der Waals surface area contributed by atoms with Crippen LogP contribution in [-0.2, 0) is 0 Å². The van der Waals surface area contributed by atoms with Crippen LogP contribution in [0.25, 0.3) is 11.1 Å². The van der Waals surface area contributed by atoms with Gasteiger partial charge in [0, 0.05) is 11.1 Å². The molecule has 0 N–H and O–H groups in total. The van der Waals surface area contributed by atoms with Crippen molar-refractivity contribution in [3.63, 3.8) is 0 Å². The number of nitrogens with zero attached hydrogens (tertiary/aromatic N) is 1. The Labute approximate surface area is 162 Å². The van der Waals surface area contributed by atoms with Crippen molar-refractivity contribution >= 4 is 11.4 Å². The molecule has 3 aromatic rings. The maximum Gasteiger partial charge on any atom is 0.0794 e. The molecule has 0 heterocycles. The number of aryl methyl sites for hydroxylation is 1. The average Bonchev–Trinajstić information content (AvgIpc) is 2.97. The number of para-hydroxylation sites is 1. The number of rotatable bonds is 3. The second-order valence-electron chi connectivity index (χ2n) is 8.10. The number of benzene rings is 3. The van der Waals surface area contributed by atoms with Gasteiger partial charge in [-0.05, 0) is 46.6 Å². The molecule has 136 valence electrons. The van der Waals surface area contributed by atoms with Crippen LogP contribution in [0.4, 0.5) is 5.69 Å². The summed E-state index contributed by atoms with van der Waals surface area (Å²) in [6.45, 7) is 11.2. The summed E-state index contributed by atoms with van der Waals surface area (Å²) in [5.74, 6) is 0.883. The summed E-state index contributed by atoms with van der Waals surface area (Å²) in [7, 11) is 0. The predicted molar refractivity (Wildman–Crippen MR) is 117 cm³/mol. The molecular formula is C26H27N. The Hall–Kier alpha value is -2.67. The molecule has 1 nitrogen and oxygen atoms in total. The Morgan fingerprint density at radius 2 is 1.19 bits per heavy atom. The van der Waals surface area contributed by atoms with Crippen molar-refractivity contribution in [1.82, 2.24) is 0 Å². The van der Waals surface area contributed by atoms with Crippen LogP contribution >= 0.6 is 0 Å². The minimum Gasteiger partial charge on any atom is -0.247 e. The monoisotopic (exact) mass is 353 g/mol. The molecule has 0 amide bonds. The molecule has 27 heavy (non-hydrogen) atoms. The van der Waals surface area contributed by atoms with Gasteiger partial charge in [-0.1, -0.05) is 88.4 Å². The summed E-state index contributed by atoms with van der Waals surface area (Å²) in [5, 5.41) is 0. The van der Waals surface area contributed by atoms with Crippen molar-refractivity contribution in [3.05, 3.63) is 88.5 Å². The zero-order valence-electron chi connectivity index (χ0n) is 16.9. The molecule has 0 aliphatic heterocycles. The zero-order chi connectivity index (χ0) is 19.1. The predicted octanol–water partition coefficient (Wildman–Crippen LogP) is 7.39. The highest BCUT2D eigenvalue weighted by molar-refractivity contribution is 6.25. The third kappa shape index (κ3) is 2.92. The molecule has 0 saturated heterocycles. The highest BCUT2D eigenvalue weighted by Gasteiger charge is 2.26. The minimum absolute atomic E-state index is 0.441. The summed E-state index contributed by atoms with van der Waals surface area (Å²) in [4.78, 5) is 5.34. The van der Waals surface area contributed by atoms with E-state index < -0.39 is 0 Å². The summed E-state index contributed by atoms with van der Waals surface area (Å²) < 4.78 is 0. The van der Waals surface area contributed by atoms with Crippen LogP contribution in [0.5, 0.6) is 0 Å². The van der Waals surface area contributed by atoms with Gasteiger partial charge in [0.05, 0.1) is 11.4 Å². The van der Waals surface area contributed by atoms with Gasteiger partial charge < -0.3 is 0 Å². The van der Waals surface area contributed by atoms with Crippen molar-refractivity contribution in [1.29, 1.82) is 0 Å². The minimum atomic E-state index is 0.441. The largest absolute Gasteiger partial charge is 0.247 e. The third-order valence-electron chi connectivity index (χ3n) is 5.55. The number of hydrogen-bond donors (Lipinski definition) is 0. The van der Waals surface area contributed by atoms with Crippen molar-refractivity contribution in [3.8, 4) is 11.1 Å². The van der Waals surface area contributed by atoms with Gasteiger partial charge in [-0.2, -0.15) is 0 Å². The first-order valence-corrected chi connectivity index (χ1v) is 9.90. The van der Waals surface area contributed by atoms with Gasteiger partial charge in [0.2, 0.25) is 0 Å². The fourth-order valence-electron chi connectivity index (χ4n) is 4.15. The maximum absolute atomic E-state index is 5.34. The van der Waals surface area contributed by atoms with Crippen molar-refractivity contribution in [2.75, 3.05) is 0 Å². The van der Waals surface area contributed by atoms with E-state index in [4.69, 9.17) is 4.99 Å². The standard InChI is InChI=1S/C26H27N/c1-16(2)19-13-9-14-20(17(3)4)25(19)27-26-22-12-7-6-11-21(22)24-18(5)10-8-15-23(24)26/h6-17H,1-5H3. The van der Waals surface area contributed by atoms with Crippen LogP contribution < -0.4 is 0 Å². The SMILES string of the molecule is Cc1cccc2c1-c1ccccc1C2=Nc1c(C(C)C)cccc1C(C)C. The molecule has 0 bridgehead atoms. The zero-order valence-corrected chi connectivity index (χ0v) is 16.9. The van der Waals surface area contributed by atoms with Gasteiger partial charge in [-0.3, -0.25) is 0 Å². The van der Waals surface area contributed by atoms with Gasteiger partial charge in [-0.25, -0.2) is 4.99 Å². The second kappa shape index (κ2) is 6.81. The highest BCUT2D eigenvalue weighted by atomic mass is 14.8. The quantitative estimate of drug-likeness (QED) is 0.364. The van der Waals surface area contributed by atoms with Crippen LogP contribution in [0.15, 0.2) is 65.7 Å². The molecule has 1 aliphatic rings. The van der Waals surface area contributed by atoms with Crippen LogP contribution in [0.1, 0.15) is 67.3 Å². The first-order chi connectivity index (χ1) is 13.0. The maximum atomic E-state index is 5.34. The molecule has 0 radical (unpaired) electrons. The number of aliphatic imine (C=N–C) groups is 1. The van der Waals surface area contributed by atoms with E-state index in [1.54, 1.807) is 0 Å². The Balaban J connectivity index is 2.04. The summed E-state index contributed by atoms with van der Waals surface area (Å²) in [5.41, 5.74) is 11.4. The molecule has 0 aromatic heterocycles. The number of hydrogen-bond acceptors (Lipinski definition) is 1. The van der Waals surface area contributed by atoms with E-state index in [-0.39, 0.29) is 0 Å². The lowest BCUT2D eigenvalue weighted by molar-refractivity contribution is 0.835. The third-order valence-corrected chi connectivity index (χ3v) is 5.55. The first-order valence-electron chi connectivity index (χ1n) is 9.90. The Morgan fingerprint density at radius 1 is 0.630 bits per heavy atom. The van der Waals surface area contributed by atoms with Crippen LogP contribution in [0.2, 0.25) is 0 Å². The fourth-order valence-corrected chi connectivity index (χ4v) is 4.15. The molecule has 0 saturated carbocycles. The van der Waals surface area contributed by atoms with Gasteiger partial charge in [0.15, 0.2) is 0 Å². The molecule has 0 atom stereocenters. The van der Waals surface area contributed by atoms with E-state index in [2.05, 4.69) is 95.3 Å². The van der Waals surface area contributed by atoms with E-state index in [0.717, 1.165) is 11.4 Å². The van der Waals surface area contributed by atoms with Gasteiger partial charge in [0.1, 0.15) is 0 Å². The molecular weight excluding hydrogens is 326 g/mol. The van der Waals surface area contributed by atoms with E-state index in [1.807, 2.05) is 0 Å². The molecule has 3 aromatic carbocycles. The average molecular weight is 354 g/mol. The molecule has 1 aliphatic carbocycles. The number of fused-ring (bicyclic) bond motifs is 3. The first kappa shape index (κ1) is 17.7. The van der Waals surface area contributed by atoms with E-state index in [1.165, 1.54) is 38.9 Å². The Morgan fingerprint density at radius 3 is 1.81 bits per heavy atom. The van der Waals surface area contributed by atoms with Crippen LogP contribution in [-0.4, -0.2) is 5.71 Å². The summed E-state index contributed by atoms with van der Waals surface area (Å²) in [6.07, 6.45) is 0. The highest BCUT2D eigenvalue weighted by Crippen LogP contribution is 2.42.